The Balaban J connectivity index is 1.60. The molecule has 162 valence electrons. The number of anilines is 1. The van der Waals surface area contributed by atoms with Gasteiger partial charge in [-0.3, -0.25) is 4.90 Å². The maximum absolute atomic E-state index is 12.1. The van der Waals surface area contributed by atoms with E-state index in [9.17, 15) is 4.79 Å². The predicted molar refractivity (Wildman–Crippen MR) is 119 cm³/mol. The molecular weight excluding hydrogens is 378 g/mol. The summed E-state index contributed by atoms with van der Waals surface area (Å²) >= 11 is 0. The van der Waals surface area contributed by atoms with Crippen LogP contribution in [0.2, 0.25) is 0 Å². The van der Waals surface area contributed by atoms with E-state index in [-0.39, 0.29) is 12.1 Å². The van der Waals surface area contributed by atoms with Gasteiger partial charge in [-0.25, -0.2) is 4.79 Å². The van der Waals surface area contributed by atoms with Crippen LogP contribution in [0.25, 0.3) is 0 Å². The predicted octanol–water partition coefficient (Wildman–Crippen LogP) is 4.34. The van der Waals surface area contributed by atoms with Crippen LogP contribution in [0.4, 0.5) is 10.5 Å². The number of benzene rings is 2. The van der Waals surface area contributed by atoms with Crippen molar-refractivity contribution in [3.63, 3.8) is 0 Å². The molecule has 0 radical (unpaired) electrons. The van der Waals surface area contributed by atoms with Crippen molar-refractivity contribution >= 4 is 11.8 Å². The third kappa shape index (κ3) is 6.95. The van der Waals surface area contributed by atoms with E-state index in [0.717, 1.165) is 55.0 Å². The Bertz CT molecular complexity index is 833. The van der Waals surface area contributed by atoms with Gasteiger partial charge in [-0.1, -0.05) is 30.3 Å². The van der Waals surface area contributed by atoms with Gasteiger partial charge in [0, 0.05) is 30.4 Å². The largest absolute Gasteiger partial charge is 0.489 e. The molecule has 1 fully saturated rings. The van der Waals surface area contributed by atoms with Crippen molar-refractivity contribution in [1.29, 1.82) is 0 Å². The maximum atomic E-state index is 12.1. The zero-order valence-corrected chi connectivity index (χ0v) is 18.2. The topological polar surface area (TPSA) is 76.8 Å². The van der Waals surface area contributed by atoms with Gasteiger partial charge in [0.25, 0.3) is 0 Å². The molecule has 6 nitrogen and oxygen atoms in total. The van der Waals surface area contributed by atoms with Gasteiger partial charge in [-0.05, 0) is 63.9 Å². The Labute approximate surface area is 179 Å². The zero-order valence-electron chi connectivity index (χ0n) is 18.2. The van der Waals surface area contributed by atoms with Crippen molar-refractivity contribution < 1.29 is 14.3 Å². The monoisotopic (exact) mass is 411 g/mol. The van der Waals surface area contributed by atoms with Crippen LogP contribution in [0.15, 0.2) is 48.5 Å². The van der Waals surface area contributed by atoms with Crippen LogP contribution in [-0.2, 0) is 17.9 Å². The summed E-state index contributed by atoms with van der Waals surface area (Å²) in [6.07, 6.45) is 1.61. The van der Waals surface area contributed by atoms with Crippen LogP contribution in [-0.4, -0.2) is 35.7 Å². The number of alkyl carbamates (subject to hydrolysis) is 1. The van der Waals surface area contributed by atoms with Crippen LogP contribution >= 0.6 is 0 Å². The van der Waals surface area contributed by atoms with Crippen molar-refractivity contribution in [1.82, 2.24) is 10.2 Å². The smallest absolute Gasteiger partial charge is 0.407 e. The third-order valence-corrected chi connectivity index (χ3v) is 4.94. The number of carbonyl (C=O) groups excluding carboxylic acids is 1. The zero-order chi connectivity index (χ0) is 21.6. The highest BCUT2D eigenvalue weighted by Gasteiger charge is 2.24. The van der Waals surface area contributed by atoms with Gasteiger partial charge in [-0.2, -0.15) is 0 Å². The molecule has 3 rings (SSSR count). The van der Waals surface area contributed by atoms with Gasteiger partial charge >= 0.3 is 6.09 Å². The molecule has 2 aromatic carbocycles. The van der Waals surface area contributed by atoms with Gasteiger partial charge in [0.05, 0.1) is 0 Å². The molecule has 1 aliphatic heterocycles. The van der Waals surface area contributed by atoms with Crippen molar-refractivity contribution in [3.05, 3.63) is 59.7 Å². The number of ether oxygens (including phenoxy) is 2. The lowest BCUT2D eigenvalue weighted by Gasteiger charge is -2.34. The van der Waals surface area contributed by atoms with E-state index in [0.29, 0.717) is 6.61 Å². The number of nitrogens with zero attached hydrogens (tertiary/aromatic N) is 1. The highest BCUT2D eigenvalue weighted by atomic mass is 16.6. The van der Waals surface area contributed by atoms with Crippen LogP contribution in [0, 0.1) is 0 Å². The molecule has 1 aliphatic rings. The molecule has 1 heterocycles. The summed E-state index contributed by atoms with van der Waals surface area (Å²) in [6, 6.07) is 16.0. The molecule has 0 aromatic heterocycles. The van der Waals surface area contributed by atoms with Gasteiger partial charge in [0.2, 0.25) is 0 Å². The first kappa shape index (κ1) is 22.0. The maximum Gasteiger partial charge on any atom is 0.407 e. The normalized spacial score (nSPS) is 17.4. The van der Waals surface area contributed by atoms with E-state index in [2.05, 4.69) is 22.3 Å². The third-order valence-electron chi connectivity index (χ3n) is 4.94. The van der Waals surface area contributed by atoms with Crippen molar-refractivity contribution in [2.75, 3.05) is 18.8 Å². The standard InChI is InChI=1S/C24H33N3O3/c1-24(2,3)30-23(28)26-21-10-7-13-27(16-21)15-19-14-20(25)11-12-22(19)29-17-18-8-5-4-6-9-18/h4-6,8-9,11-12,14,21H,7,10,13,15-17,25H2,1-3H3,(H,26,28). The Hall–Kier alpha value is -2.73. The number of nitrogens with two attached hydrogens (primary N) is 1. The average Bonchev–Trinajstić information content (AvgIpc) is 2.67. The summed E-state index contributed by atoms with van der Waals surface area (Å²) in [5, 5.41) is 3.01. The van der Waals surface area contributed by atoms with Crippen molar-refractivity contribution in [3.8, 4) is 5.75 Å². The fourth-order valence-electron chi connectivity index (χ4n) is 3.63. The second-order valence-electron chi connectivity index (χ2n) is 8.86. The fraction of sp³-hybridized carbons (Fsp3) is 0.458. The molecular formula is C24H33N3O3. The van der Waals surface area contributed by atoms with Crippen LogP contribution in [0.5, 0.6) is 5.75 Å². The lowest BCUT2D eigenvalue weighted by molar-refractivity contribution is 0.0470. The molecule has 6 heteroatoms. The minimum Gasteiger partial charge on any atom is -0.489 e. The first-order chi connectivity index (χ1) is 14.3. The molecule has 0 spiro atoms. The number of carbonyl (C=O) groups is 1. The van der Waals surface area contributed by atoms with Crippen molar-refractivity contribution in [2.24, 2.45) is 0 Å². The van der Waals surface area contributed by atoms with Gasteiger partial charge in [-0.15, -0.1) is 0 Å². The van der Waals surface area contributed by atoms with E-state index in [4.69, 9.17) is 15.2 Å². The number of piperidine rings is 1. The van der Waals surface area contributed by atoms with Gasteiger partial charge in [0.1, 0.15) is 18.0 Å². The summed E-state index contributed by atoms with van der Waals surface area (Å²) in [5.41, 5.74) is 8.45. The average molecular weight is 412 g/mol. The number of nitrogens with one attached hydrogen (secondary N) is 1. The molecule has 1 atom stereocenters. The van der Waals surface area contributed by atoms with Crippen LogP contribution in [0.1, 0.15) is 44.7 Å². The molecule has 0 aliphatic carbocycles. The molecule has 1 amide bonds. The highest BCUT2D eigenvalue weighted by molar-refractivity contribution is 5.68. The van der Waals surface area contributed by atoms with Gasteiger partial charge in [0.15, 0.2) is 0 Å². The van der Waals surface area contributed by atoms with Crippen molar-refractivity contribution in [2.45, 2.75) is 58.4 Å². The number of amides is 1. The molecule has 0 bridgehead atoms. The second-order valence-corrected chi connectivity index (χ2v) is 8.86. The summed E-state index contributed by atoms with van der Waals surface area (Å²) in [5.74, 6) is 0.843. The molecule has 1 saturated heterocycles. The van der Waals surface area contributed by atoms with E-state index >= 15 is 0 Å². The highest BCUT2D eigenvalue weighted by Crippen LogP contribution is 2.25. The second kappa shape index (κ2) is 9.85. The molecule has 3 N–H and O–H groups in total. The van der Waals surface area contributed by atoms with Crippen LogP contribution in [0.3, 0.4) is 0 Å². The number of hydrogen-bond donors (Lipinski definition) is 2. The molecule has 30 heavy (non-hydrogen) atoms. The Kier molecular flexibility index (Phi) is 7.21. The fourth-order valence-corrected chi connectivity index (χ4v) is 3.63. The van der Waals surface area contributed by atoms with E-state index in [1.807, 2.05) is 57.2 Å². The Morgan fingerprint density at radius 3 is 2.70 bits per heavy atom. The van der Waals surface area contributed by atoms with E-state index in [1.54, 1.807) is 0 Å². The first-order valence-corrected chi connectivity index (χ1v) is 10.6. The summed E-state index contributed by atoms with van der Waals surface area (Å²) in [4.78, 5) is 14.5. The quantitative estimate of drug-likeness (QED) is 0.692. The summed E-state index contributed by atoms with van der Waals surface area (Å²) < 4.78 is 11.5. The number of likely N-dealkylation sites (tertiary alicyclic amines) is 1. The van der Waals surface area contributed by atoms with E-state index < -0.39 is 5.60 Å². The lowest BCUT2D eigenvalue weighted by Crippen LogP contribution is -2.48. The SMILES string of the molecule is CC(C)(C)OC(=O)NC1CCCN(Cc2cc(N)ccc2OCc2ccccc2)C1. The number of hydrogen-bond acceptors (Lipinski definition) is 5. The summed E-state index contributed by atoms with van der Waals surface area (Å²) in [6.45, 7) is 8.59. The van der Waals surface area contributed by atoms with Gasteiger partial charge < -0.3 is 20.5 Å². The molecule has 1 unspecified atom stereocenters. The summed E-state index contributed by atoms with van der Waals surface area (Å²) in [7, 11) is 0. The number of nitrogen functional groups attached to an aromatic ring is 1. The van der Waals surface area contributed by atoms with Crippen LogP contribution < -0.4 is 15.8 Å². The molecule has 2 aromatic rings. The van der Waals surface area contributed by atoms with E-state index in [1.165, 1.54) is 0 Å². The Morgan fingerprint density at radius 2 is 1.97 bits per heavy atom. The number of rotatable bonds is 6. The molecule has 0 saturated carbocycles. The lowest BCUT2D eigenvalue weighted by atomic mass is 10.0. The first-order valence-electron chi connectivity index (χ1n) is 10.6. The minimum absolute atomic E-state index is 0.0725. The Morgan fingerprint density at radius 1 is 1.20 bits per heavy atom. The minimum atomic E-state index is -0.495.